The zero-order chi connectivity index (χ0) is 12.7. The molecule has 3 heteroatoms. The molecule has 0 aliphatic heterocycles. The van der Waals surface area contributed by atoms with E-state index in [2.05, 4.69) is 11.4 Å². The summed E-state index contributed by atoms with van der Waals surface area (Å²) in [5.41, 5.74) is 1.50. The van der Waals surface area contributed by atoms with Crippen LogP contribution in [0.15, 0.2) is 23.3 Å². The molecule has 0 fully saturated rings. The van der Waals surface area contributed by atoms with Crippen molar-refractivity contribution in [1.82, 2.24) is 5.32 Å². The van der Waals surface area contributed by atoms with E-state index in [0.717, 1.165) is 12.8 Å². The van der Waals surface area contributed by atoms with Gasteiger partial charge in [-0.15, -0.1) is 0 Å². The second-order valence-electron chi connectivity index (χ2n) is 4.73. The van der Waals surface area contributed by atoms with Crippen LogP contribution in [0.2, 0.25) is 0 Å². The summed E-state index contributed by atoms with van der Waals surface area (Å²) in [4.78, 5) is 11.7. The van der Waals surface area contributed by atoms with Crippen LogP contribution in [-0.2, 0) is 4.79 Å². The van der Waals surface area contributed by atoms with E-state index < -0.39 is 0 Å². The Bertz CT molecular complexity index is 372. The highest BCUT2D eigenvalue weighted by atomic mass is 16.1. The summed E-state index contributed by atoms with van der Waals surface area (Å²) in [6, 6.07) is 1.95. The van der Waals surface area contributed by atoms with Gasteiger partial charge in [-0.3, -0.25) is 4.79 Å². The molecule has 1 amide bonds. The first kappa shape index (κ1) is 13.5. The van der Waals surface area contributed by atoms with E-state index in [1.54, 1.807) is 6.08 Å². The molecule has 3 nitrogen and oxygen atoms in total. The van der Waals surface area contributed by atoms with Crippen molar-refractivity contribution in [3.8, 4) is 6.07 Å². The average molecular weight is 232 g/mol. The second kappa shape index (κ2) is 6.90. The van der Waals surface area contributed by atoms with E-state index >= 15 is 0 Å². The van der Waals surface area contributed by atoms with Gasteiger partial charge in [0.15, 0.2) is 0 Å². The summed E-state index contributed by atoms with van der Waals surface area (Å²) in [5, 5.41) is 11.7. The van der Waals surface area contributed by atoms with E-state index in [-0.39, 0.29) is 17.4 Å². The highest BCUT2D eigenvalue weighted by Gasteiger charge is 2.10. The molecule has 1 aliphatic rings. The van der Waals surface area contributed by atoms with Gasteiger partial charge in [-0.05, 0) is 31.6 Å². The molecule has 0 saturated carbocycles. The predicted molar refractivity (Wildman–Crippen MR) is 68.1 cm³/mol. The maximum absolute atomic E-state index is 11.7. The van der Waals surface area contributed by atoms with Crippen molar-refractivity contribution in [2.75, 3.05) is 6.54 Å². The molecule has 1 rings (SSSR count). The molecule has 0 aromatic rings. The average Bonchev–Trinajstić information content (AvgIpc) is 2.34. The Kier molecular flexibility index (Phi) is 5.48. The molecule has 0 radical (unpaired) electrons. The van der Waals surface area contributed by atoms with Crippen molar-refractivity contribution < 1.29 is 4.79 Å². The molecule has 0 heterocycles. The quantitative estimate of drug-likeness (QED) is 0.460. The van der Waals surface area contributed by atoms with Crippen LogP contribution in [0.1, 0.15) is 39.5 Å². The Morgan fingerprint density at radius 2 is 2.35 bits per heavy atom. The van der Waals surface area contributed by atoms with Crippen molar-refractivity contribution in [2.45, 2.75) is 39.5 Å². The molecular weight excluding hydrogens is 212 g/mol. The number of allylic oxidation sites excluding steroid dienone is 2. The van der Waals surface area contributed by atoms with E-state index in [1.807, 2.05) is 19.9 Å². The van der Waals surface area contributed by atoms with Crippen LogP contribution < -0.4 is 5.32 Å². The monoisotopic (exact) mass is 232 g/mol. The van der Waals surface area contributed by atoms with Crippen LogP contribution in [0.5, 0.6) is 0 Å². The van der Waals surface area contributed by atoms with E-state index in [0.29, 0.717) is 6.54 Å². The molecule has 0 unspecified atom stereocenters. The van der Waals surface area contributed by atoms with Crippen LogP contribution in [0.4, 0.5) is 0 Å². The third-order valence-corrected chi connectivity index (χ3v) is 2.73. The SMILES string of the molecule is CC(C)/C=C(/C#N)C(=O)NCC1=CCCCC1. The third-order valence-electron chi connectivity index (χ3n) is 2.73. The van der Waals surface area contributed by atoms with Crippen molar-refractivity contribution in [2.24, 2.45) is 5.92 Å². The largest absolute Gasteiger partial charge is 0.348 e. The summed E-state index contributed by atoms with van der Waals surface area (Å²) < 4.78 is 0. The van der Waals surface area contributed by atoms with Gasteiger partial charge >= 0.3 is 0 Å². The third kappa shape index (κ3) is 4.86. The molecule has 0 aromatic carbocycles. The lowest BCUT2D eigenvalue weighted by Crippen LogP contribution is -2.27. The van der Waals surface area contributed by atoms with Gasteiger partial charge < -0.3 is 5.32 Å². The van der Waals surface area contributed by atoms with Gasteiger partial charge in [0, 0.05) is 6.54 Å². The topological polar surface area (TPSA) is 52.9 Å². The van der Waals surface area contributed by atoms with Gasteiger partial charge in [-0.25, -0.2) is 0 Å². The van der Waals surface area contributed by atoms with Gasteiger partial charge in [-0.1, -0.05) is 31.6 Å². The minimum absolute atomic E-state index is 0.212. The van der Waals surface area contributed by atoms with Crippen LogP contribution >= 0.6 is 0 Å². The number of nitrogens with zero attached hydrogens (tertiary/aromatic N) is 1. The van der Waals surface area contributed by atoms with Gasteiger partial charge in [0.1, 0.15) is 11.6 Å². The van der Waals surface area contributed by atoms with Gasteiger partial charge in [0.2, 0.25) is 0 Å². The normalized spacial score (nSPS) is 16.4. The molecule has 0 aromatic heterocycles. The first-order valence-corrected chi connectivity index (χ1v) is 6.21. The van der Waals surface area contributed by atoms with E-state index in [4.69, 9.17) is 5.26 Å². The number of nitrogens with one attached hydrogen (secondary N) is 1. The molecule has 1 aliphatic carbocycles. The fourth-order valence-corrected chi connectivity index (χ4v) is 1.85. The molecule has 0 saturated heterocycles. The predicted octanol–water partition coefficient (Wildman–Crippen LogP) is 2.71. The van der Waals surface area contributed by atoms with Crippen LogP contribution in [0.25, 0.3) is 0 Å². The summed E-state index contributed by atoms with van der Waals surface area (Å²) in [7, 11) is 0. The molecule has 0 atom stereocenters. The molecule has 0 bridgehead atoms. The Balaban J connectivity index is 2.48. The van der Waals surface area contributed by atoms with E-state index in [9.17, 15) is 4.79 Å². The van der Waals surface area contributed by atoms with Crippen LogP contribution in [0, 0.1) is 17.2 Å². The van der Waals surface area contributed by atoms with Gasteiger partial charge in [-0.2, -0.15) is 5.26 Å². The number of hydrogen-bond donors (Lipinski definition) is 1. The van der Waals surface area contributed by atoms with Crippen molar-refractivity contribution in [3.05, 3.63) is 23.3 Å². The first-order chi connectivity index (χ1) is 8.13. The lowest BCUT2D eigenvalue weighted by atomic mass is 9.99. The number of hydrogen-bond acceptors (Lipinski definition) is 2. The smallest absolute Gasteiger partial charge is 0.261 e. The number of rotatable bonds is 4. The highest BCUT2D eigenvalue weighted by Crippen LogP contribution is 2.16. The zero-order valence-corrected chi connectivity index (χ0v) is 10.6. The summed E-state index contributed by atoms with van der Waals surface area (Å²) in [6.45, 7) is 4.48. The molecular formula is C14H20N2O. The summed E-state index contributed by atoms with van der Waals surface area (Å²) >= 11 is 0. The van der Waals surface area contributed by atoms with Crippen LogP contribution in [0.3, 0.4) is 0 Å². The maximum atomic E-state index is 11.7. The van der Waals surface area contributed by atoms with E-state index in [1.165, 1.54) is 18.4 Å². The molecule has 92 valence electrons. The maximum Gasteiger partial charge on any atom is 0.261 e. The van der Waals surface area contributed by atoms with Crippen molar-refractivity contribution in [1.29, 1.82) is 5.26 Å². The van der Waals surface area contributed by atoms with Gasteiger partial charge in [0.25, 0.3) is 5.91 Å². The highest BCUT2D eigenvalue weighted by molar-refractivity contribution is 5.97. The Morgan fingerprint density at radius 3 is 2.88 bits per heavy atom. The Labute approximate surface area is 103 Å². The second-order valence-corrected chi connectivity index (χ2v) is 4.73. The standard InChI is InChI=1S/C14H20N2O/c1-11(2)8-13(9-15)14(17)16-10-12-6-4-3-5-7-12/h6,8,11H,3-5,7,10H2,1-2H3,(H,16,17)/b13-8-. The van der Waals surface area contributed by atoms with Crippen LogP contribution in [-0.4, -0.2) is 12.5 Å². The summed E-state index contributed by atoms with van der Waals surface area (Å²) in [6.07, 6.45) is 8.52. The van der Waals surface area contributed by atoms with Gasteiger partial charge in [0.05, 0.1) is 0 Å². The Hall–Kier alpha value is -1.56. The number of carbonyl (C=O) groups is 1. The number of carbonyl (C=O) groups excluding carboxylic acids is 1. The number of nitriles is 1. The zero-order valence-electron chi connectivity index (χ0n) is 10.6. The fourth-order valence-electron chi connectivity index (χ4n) is 1.85. The minimum atomic E-state index is -0.257. The number of amides is 1. The Morgan fingerprint density at radius 1 is 1.59 bits per heavy atom. The lowest BCUT2D eigenvalue weighted by molar-refractivity contribution is -0.117. The molecule has 1 N–H and O–H groups in total. The molecule has 17 heavy (non-hydrogen) atoms. The first-order valence-electron chi connectivity index (χ1n) is 6.21. The molecule has 0 spiro atoms. The summed E-state index contributed by atoms with van der Waals surface area (Å²) in [5.74, 6) is -0.0445. The fraction of sp³-hybridized carbons (Fsp3) is 0.571. The minimum Gasteiger partial charge on any atom is -0.348 e. The lowest BCUT2D eigenvalue weighted by Gasteiger charge is -2.13. The van der Waals surface area contributed by atoms with Crippen molar-refractivity contribution in [3.63, 3.8) is 0 Å². The van der Waals surface area contributed by atoms with Crippen molar-refractivity contribution >= 4 is 5.91 Å².